The van der Waals surface area contributed by atoms with Gasteiger partial charge >= 0.3 is 0 Å². The summed E-state index contributed by atoms with van der Waals surface area (Å²) in [5, 5.41) is 9.90. The average Bonchev–Trinajstić information content (AvgIpc) is 2.51. The molecule has 0 fully saturated rings. The van der Waals surface area contributed by atoms with E-state index in [-0.39, 0.29) is 12.0 Å². The minimum atomic E-state index is -0.155. The quantitative estimate of drug-likeness (QED) is 0.774. The van der Waals surface area contributed by atoms with Gasteiger partial charge in [0.25, 0.3) is 0 Å². The van der Waals surface area contributed by atoms with Crippen LogP contribution in [-0.4, -0.2) is 5.11 Å². The molecule has 0 radical (unpaired) electrons. The zero-order chi connectivity index (χ0) is 14.1. The number of aliphatic hydroxyl groups is 1. The first kappa shape index (κ1) is 12.6. The van der Waals surface area contributed by atoms with Gasteiger partial charge in [-0.3, -0.25) is 4.79 Å². The number of fused-ring (bicyclic) bond motifs is 1. The van der Waals surface area contributed by atoms with Crippen LogP contribution in [0.4, 0.5) is 0 Å². The number of hydrogen-bond acceptors (Lipinski definition) is 3. The predicted molar refractivity (Wildman–Crippen MR) is 78.6 cm³/mol. The van der Waals surface area contributed by atoms with Crippen LogP contribution < -0.4 is 5.43 Å². The second-order valence-electron chi connectivity index (χ2n) is 4.70. The molecule has 0 saturated heterocycles. The van der Waals surface area contributed by atoms with Gasteiger partial charge in [0.2, 0.25) is 0 Å². The summed E-state index contributed by atoms with van der Waals surface area (Å²) < 4.78 is 5.92. The molecule has 3 aromatic rings. The van der Waals surface area contributed by atoms with Crippen LogP contribution in [0.5, 0.6) is 0 Å². The molecule has 0 saturated carbocycles. The smallest absolute Gasteiger partial charge is 0.196 e. The Morgan fingerprint density at radius 3 is 2.50 bits per heavy atom. The summed E-state index contributed by atoms with van der Waals surface area (Å²) in [6.07, 6.45) is 0. The highest BCUT2D eigenvalue weighted by molar-refractivity contribution is 5.82. The lowest BCUT2D eigenvalue weighted by Crippen LogP contribution is -2.08. The van der Waals surface area contributed by atoms with Crippen molar-refractivity contribution < 1.29 is 9.52 Å². The number of rotatable bonds is 2. The molecule has 0 atom stereocenters. The number of hydrogen-bond donors (Lipinski definition) is 1. The molecule has 0 aliphatic rings. The molecule has 0 amide bonds. The van der Waals surface area contributed by atoms with E-state index in [1.165, 1.54) is 0 Å². The van der Waals surface area contributed by atoms with Crippen LogP contribution in [0.2, 0.25) is 0 Å². The standard InChI is InChI=1S/C17H14O3/c1-11-15(19)14-9-5-8-13(10-18)17(14)20-16(11)12-6-3-2-4-7-12/h2-9,18H,10H2,1H3. The minimum Gasteiger partial charge on any atom is -0.455 e. The SMILES string of the molecule is Cc1c(-c2ccccc2)oc2c(CO)cccc2c1=O. The van der Waals surface area contributed by atoms with Crippen molar-refractivity contribution in [2.24, 2.45) is 0 Å². The van der Waals surface area contributed by atoms with Crippen molar-refractivity contribution in [2.45, 2.75) is 13.5 Å². The van der Waals surface area contributed by atoms with E-state index in [9.17, 15) is 9.90 Å². The second-order valence-corrected chi connectivity index (χ2v) is 4.70. The first-order valence-electron chi connectivity index (χ1n) is 6.44. The van der Waals surface area contributed by atoms with Crippen LogP contribution in [0.1, 0.15) is 11.1 Å². The highest BCUT2D eigenvalue weighted by Gasteiger charge is 2.14. The van der Waals surface area contributed by atoms with E-state index in [2.05, 4.69) is 0 Å². The maximum atomic E-state index is 12.4. The van der Waals surface area contributed by atoms with Crippen molar-refractivity contribution >= 4 is 11.0 Å². The monoisotopic (exact) mass is 266 g/mol. The summed E-state index contributed by atoms with van der Waals surface area (Å²) in [7, 11) is 0. The summed E-state index contributed by atoms with van der Waals surface area (Å²) in [6.45, 7) is 1.61. The number of para-hydroxylation sites is 1. The van der Waals surface area contributed by atoms with Crippen LogP contribution in [0.25, 0.3) is 22.3 Å². The Balaban J connectivity index is 2.40. The molecular weight excluding hydrogens is 252 g/mol. The fraction of sp³-hybridized carbons (Fsp3) is 0.118. The zero-order valence-electron chi connectivity index (χ0n) is 11.1. The van der Waals surface area contributed by atoms with Gasteiger partial charge in [-0.05, 0) is 13.0 Å². The maximum Gasteiger partial charge on any atom is 0.196 e. The fourth-order valence-corrected chi connectivity index (χ4v) is 2.36. The second kappa shape index (κ2) is 4.94. The Hall–Kier alpha value is -2.39. The third-order valence-corrected chi connectivity index (χ3v) is 3.43. The Bertz CT molecular complexity index is 817. The van der Waals surface area contributed by atoms with Gasteiger partial charge in [-0.15, -0.1) is 0 Å². The lowest BCUT2D eigenvalue weighted by Gasteiger charge is -2.09. The molecule has 2 aromatic carbocycles. The van der Waals surface area contributed by atoms with Crippen molar-refractivity contribution in [3.05, 3.63) is 69.9 Å². The van der Waals surface area contributed by atoms with Crippen LogP contribution in [-0.2, 0) is 6.61 Å². The number of benzene rings is 2. The van der Waals surface area contributed by atoms with Crippen LogP contribution in [0, 0.1) is 6.92 Å². The summed E-state index contributed by atoms with van der Waals surface area (Å²) in [4.78, 5) is 12.4. The molecule has 0 aliphatic heterocycles. The van der Waals surface area contributed by atoms with Gasteiger partial charge < -0.3 is 9.52 Å². The van der Waals surface area contributed by atoms with Gasteiger partial charge in [-0.1, -0.05) is 42.5 Å². The Morgan fingerprint density at radius 1 is 1.05 bits per heavy atom. The topological polar surface area (TPSA) is 50.4 Å². The van der Waals surface area contributed by atoms with Crippen molar-refractivity contribution in [3.8, 4) is 11.3 Å². The molecule has 3 heteroatoms. The van der Waals surface area contributed by atoms with Gasteiger partial charge in [0, 0.05) is 16.7 Å². The molecular formula is C17H14O3. The highest BCUT2D eigenvalue weighted by atomic mass is 16.3. The molecule has 0 aliphatic carbocycles. The normalized spacial score (nSPS) is 10.9. The lowest BCUT2D eigenvalue weighted by molar-refractivity contribution is 0.281. The van der Waals surface area contributed by atoms with Gasteiger partial charge in [0.05, 0.1) is 12.0 Å². The van der Waals surface area contributed by atoms with Crippen LogP contribution in [0.3, 0.4) is 0 Å². The van der Waals surface area contributed by atoms with Crippen molar-refractivity contribution in [1.29, 1.82) is 0 Å². The summed E-state index contributed by atoms with van der Waals surface area (Å²) in [6, 6.07) is 14.8. The zero-order valence-corrected chi connectivity index (χ0v) is 11.1. The van der Waals surface area contributed by atoms with E-state index in [4.69, 9.17) is 4.42 Å². The van der Waals surface area contributed by atoms with E-state index >= 15 is 0 Å². The molecule has 1 N–H and O–H groups in total. The summed E-state index contributed by atoms with van der Waals surface area (Å²) >= 11 is 0. The third kappa shape index (κ3) is 1.92. The maximum absolute atomic E-state index is 12.4. The molecule has 3 nitrogen and oxygen atoms in total. The van der Waals surface area contributed by atoms with E-state index in [0.717, 1.165) is 5.56 Å². The molecule has 1 heterocycles. The highest BCUT2D eigenvalue weighted by Crippen LogP contribution is 2.27. The van der Waals surface area contributed by atoms with E-state index < -0.39 is 0 Å². The Kier molecular flexibility index (Phi) is 3.12. The average molecular weight is 266 g/mol. The Labute approximate surface area is 116 Å². The largest absolute Gasteiger partial charge is 0.455 e. The summed E-state index contributed by atoms with van der Waals surface area (Å²) in [5.41, 5.74) is 2.47. The first-order valence-corrected chi connectivity index (χ1v) is 6.44. The fourth-order valence-electron chi connectivity index (χ4n) is 2.36. The Morgan fingerprint density at radius 2 is 1.80 bits per heavy atom. The van der Waals surface area contributed by atoms with Gasteiger partial charge in [-0.2, -0.15) is 0 Å². The van der Waals surface area contributed by atoms with Crippen LogP contribution >= 0.6 is 0 Å². The van der Waals surface area contributed by atoms with Gasteiger partial charge in [0.15, 0.2) is 5.43 Å². The van der Waals surface area contributed by atoms with Crippen molar-refractivity contribution in [1.82, 2.24) is 0 Å². The molecule has 100 valence electrons. The molecule has 0 unspecified atom stereocenters. The number of aliphatic hydroxyl groups excluding tert-OH is 1. The summed E-state index contributed by atoms with van der Waals surface area (Å²) in [5.74, 6) is 0.559. The van der Waals surface area contributed by atoms with Crippen LogP contribution in [0.15, 0.2) is 57.7 Å². The lowest BCUT2D eigenvalue weighted by atomic mass is 10.0. The van der Waals surface area contributed by atoms with E-state index in [1.54, 1.807) is 25.1 Å². The van der Waals surface area contributed by atoms with Crippen molar-refractivity contribution in [2.75, 3.05) is 0 Å². The van der Waals surface area contributed by atoms with Gasteiger partial charge in [0.1, 0.15) is 11.3 Å². The first-order chi connectivity index (χ1) is 9.72. The van der Waals surface area contributed by atoms with Gasteiger partial charge in [-0.25, -0.2) is 0 Å². The molecule has 0 bridgehead atoms. The van der Waals surface area contributed by atoms with E-state index in [0.29, 0.717) is 27.9 Å². The third-order valence-electron chi connectivity index (χ3n) is 3.43. The molecule has 20 heavy (non-hydrogen) atoms. The predicted octanol–water partition coefficient (Wildman–Crippen LogP) is 3.26. The molecule has 3 rings (SSSR count). The van der Waals surface area contributed by atoms with Crippen molar-refractivity contribution in [3.63, 3.8) is 0 Å². The minimum absolute atomic E-state index is 0.0552. The molecule has 0 spiro atoms. The van der Waals surface area contributed by atoms with E-state index in [1.807, 2.05) is 30.3 Å². The molecule has 1 aromatic heterocycles.